The number of fused-ring (bicyclic) bond motifs is 7. The maximum atomic E-state index is 2.56. The highest BCUT2D eigenvalue weighted by atomic mass is 15.2. The Balaban J connectivity index is 1.07. The van der Waals surface area contributed by atoms with Gasteiger partial charge in [0.1, 0.15) is 0 Å². The van der Waals surface area contributed by atoms with E-state index in [1.54, 1.807) is 0 Å². The van der Waals surface area contributed by atoms with E-state index in [1.165, 1.54) is 88.3 Å². The summed E-state index contributed by atoms with van der Waals surface area (Å²) in [5.74, 6) is 0.298. The first-order valence-electron chi connectivity index (χ1n) is 22.2. The molecule has 0 spiro atoms. The summed E-state index contributed by atoms with van der Waals surface area (Å²) in [6.07, 6.45) is 8.20. The first kappa shape index (κ1) is 37.1. The molecule has 2 aliphatic rings. The van der Waals surface area contributed by atoms with Gasteiger partial charge in [-0.2, -0.15) is 0 Å². The number of allylic oxidation sites excluding steroid dienone is 4. The predicted molar refractivity (Wildman–Crippen MR) is 267 cm³/mol. The molecule has 1 heterocycles. The van der Waals surface area contributed by atoms with Gasteiger partial charge >= 0.3 is 0 Å². The lowest BCUT2D eigenvalue weighted by atomic mass is 9.82. The van der Waals surface area contributed by atoms with E-state index in [9.17, 15) is 0 Å². The quantitative estimate of drug-likeness (QED) is 0.156. The Hall–Kier alpha value is -7.68. The van der Waals surface area contributed by atoms with Crippen molar-refractivity contribution in [2.75, 3.05) is 4.90 Å². The van der Waals surface area contributed by atoms with Crippen molar-refractivity contribution in [2.45, 2.75) is 31.6 Å². The number of hydrogen-bond donors (Lipinski definition) is 0. The molecule has 0 aliphatic heterocycles. The Morgan fingerprint density at radius 3 is 1.98 bits per heavy atom. The summed E-state index contributed by atoms with van der Waals surface area (Å²) in [5, 5.41) is 4.96. The van der Waals surface area contributed by atoms with Crippen molar-refractivity contribution in [3.63, 3.8) is 0 Å². The lowest BCUT2D eigenvalue weighted by molar-refractivity contribution is 0.660. The van der Waals surface area contributed by atoms with Gasteiger partial charge in [0.15, 0.2) is 0 Å². The highest BCUT2D eigenvalue weighted by Gasteiger charge is 2.38. The summed E-state index contributed by atoms with van der Waals surface area (Å²) in [4.78, 5) is 2.56. The fraction of sp³-hybridized carbons (Fsp3) is 0.0820. The van der Waals surface area contributed by atoms with Crippen LogP contribution in [0, 0.1) is 0 Å². The molecule has 9 aromatic carbocycles. The minimum atomic E-state index is -0.146. The first-order chi connectivity index (χ1) is 31.0. The number of nitrogens with zero attached hydrogens (tertiary/aromatic N) is 2. The van der Waals surface area contributed by atoms with Crippen molar-refractivity contribution in [1.82, 2.24) is 4.57 Å². The molecule has 63 heavy (non-hydrogen) atoms. The van der Waals surface area contributed by atoms with Crippen LogP contribution in [0.15, 0.2) is 224 Å². The molecular weight excluding hydrogens is 761 g/mol. The van der Waals surface area contributed by atoms with Crippen LogP contribution in [0.3, 0.4) is 0 Å². The summed E-state index contributed by atoms with van der Waals surface area (Å²) in [7, 11) is 0. The molecule has 0 amide bonds. The Kier molecular flexibility index (Phi) is 8.69. The third-order valence-corrected chi connectivity index (χ3v) is 13.7. The summed E-state index contributed by atoms with van der Waals surface area (Å²) < 4.78 is 2.43. The van der Waals surface area contributed by atoms with Gasteiger partial charge < -0.3 is 9.47 Å². The normalized spacial score (nSPS) is 15.1. The molecule has 1 atom stereocenters. The van der Waals surface area contributed by atoms with E-state index >= 15 is 0 Å². The maximum Gasteiger partial charge on any atom is 0.0561 e. The number of para-hydroxylation sites is 2. The van der Waals surface area contributed by atoms with Crippen LogP contribution in [-0.2, 0) is 5.41 Å². The smallest absolute Gasteiger partial charge is 0.0561 e. The molecule has 1 unspecified atom stereocenters. The van der Waals surface area contributed by atoms with E-state index in [1.807, 2.05) is 0 Å². The van der Waals surface area contributed by atoms with Gasteiger partial charge in [-0.15, -0.1) is 0 Å². The molecule has 0 saturated heterocycles. The van der Waals surface area contributed by atoms with Gasteiger partial charge in [0.05, 0.1) is 22.4 Å². The van der Waals surface area contributed by atoms with E-state index < -0.39 is 0 Å². The van der Waals surface area contributed by atoms with Crippen molar-refractivity contribution in [1.29, 1.82) is 0 Å². The van der Waals surface area contributed by atoms with E-state index in [0.717, 1.165) is 23.5 Å². The zero-order valence-electron chi connectivity index (χ0n) is 35.5. The summed E-state index contributed by atoms with van der Waals surface area (Å²) >= 11 is 0. The minimum Gasteiger partial charge on any atom is -0.309 e. The second-order valence-electron chi connectivity index (χ2n) is 17.6. The molecule has 10 aromatic rings. The Bertz CT molecular complexity index is 3440. The third kappa shape index (κ3) is 6.01. The molecule has 0 bridgehead atoms. The van der Waals surface area contributed by atoms with Gasteiger partial charge in [-0.1, -0.05) is 196 Å². The van der Waals surface area contributed by atoms with Crippen molar-refractivity contribution in [3.05, 3.63) is 247 Å². The Morgan fingerprint density at radius 1 is 0.508 bits per heavy atom. The second-order valence-corrected chi connectivity index (χ2v) is 17.6. The van der Waals surface area contributed by atoms with E-state index in [4.69, 9.17) is 0 Å². The van der Waals surface area contributed by atoms with Crippen molar-refractivity contribution >= 4 is 55.2 Å². The van der Waals surface area contributed by atoms with Crippen LogP contribution < -0.4 is 4.90 Å². The van der Waals surface area contributed by atoms with Crippen molar-refractivity contribution in [2.24, 2.45) is 0 Å². The monoisotopic (exact) mass is 806 g/mol. The van der Waals surface area contributed by atoms with Crippen molar-refractivity contribution in [3.8, 4) is 27.9 Å². The largest absolute Gasteiger partial charge is 0.309 e. The maximum absolute atomic E-state index is 2.56. The fourth-order valence-corrected chi connectivity index (χ4v) is 10.6. The van der Waals surface area contributed by atoms with Crippen LogP contribution in [0.25, 0.3) is 66.1 Å². The molecule has 1 aromatic heterocycles. The van der Waals surface area contributed by atoms with Gasteiger partial charge in [-0.25, -0.2) is 0 Å². The van der Waals surface area contributed by atoms with Crippen LogP contribution >= 0.6 is 0 Å². The standard InChI is InChI=1S/C61H46N2/c1-61(2)53-24-13-11-23-52(53)60-54(61)25-15-27-56(60)63(48-37-38-51-50-22-12-14-26-55(50)62(58(51)40-48)47-19-7-4-8-20-47)57-39-36-45-18-9-10-21-49(45)59(57)46-34-32-44(33-35-46)43-30-28-42(29-31-43)41-16-5-3-6-17-41/h3-32,34-40,44H,33H2,1-2H3. The summed E-state index contributed by atoms with van der Waals surface area (Å²) in [6.45, 7) is 4.75. The number of anilines is 3. The average Bonchev–Trinajstić information content (AvgIpc) is 3.80. The lowest BCUT2D eigenvalue weighted by Gasteiger charge is -2.32. The topological polar surface area (TPSA) is 8.17 Å². The van der Waals surface area contributed by atoms with Gasteiger partial charge in [0.2, 0.25) is 0 Å². The minimum absolute atomic E-state index is 0.146. The molecule has 2 heteroatoms. The van der Waals surface area contributed by atoms with Gasteiger partial charge in [-0.05, 0) is 98.6 Å². The molecule has 300 valence electrons. The number of benzene rings is 9. The third-order valence-electron chi connectivity index (χ3n) is 13.7. The first-order valence-corrected chi connectivity index (χ1v) is 22.2. The molecule has 0 radical (unpaired) electrons. The van der Waals surface area contributed by atoms with Gasteiger partial charge in [-0.3, -0.25) is 0 Å². The molecule has 0 N–H and O–H groups in total. The molecule has 2 nitrogen and oxygen atoms in total. The molecule has 12 rings (SSSR count). The SMILES string of the molecule is CC1(C)c2ccccc2-c2c(N(c3ccc4c5ccccc5n(-c5ccccc5)c4c3)c3ccc4ccccc4c3C3=CCC(c4ccc(-c5ccccc5)cc4)C=C3)cccc21. The van der Waals surface area contributed by atoms with Crippen LogP contribution in [0.1, 0.15) is 48.4 Å². The molecule has 2 aliphatic carbocycles. The average molecular weight is 807 g/mol. The van der Waals surface area contributed by atoms with Crippen LogP contribution in [0.5, 0.6) is 0 Å². The second kappa shape index (κ2) is 14.8. The highest BCUT2D eigenvalue weighted by molar-refractivity contribution is 6.11. The van der Waals surface area contributed by atoms with Crippen LogP contribution in [0.4, 0.5) is 17.1 Å². The summed E-state index contributed by atoms with van der Waals surface area (Å²) in [5.41, 5.74) is 18.5. The zero-order valence-corrected chi connectivity index (χ0v) is 35.5. The summed E-state index contributed by atoms with van der Waals surface area (Å²) in [6, 6.07) is 76.1. The highest BCUT2D eigenvalue weighted by Crippen LogP contribution is 2.55. The Labute approximate surface area is 369 Å². The van der Waals surface area contributed by atoms with Gasteiger partial charge in [0, 0.05) is 44.6 Å². The van der Waals surface area contributed by atoms with Crippen molar-refractivity contribution < 1.29 is 0 Å². The number of hydrogen-bond acceptors (Lipinski definition) is 1. The van der Waals surface area contributed by atoms with E-state index in [2.05, 4.69) is 248 Å². The van der Waals surface area contributed by atoms with Crippen LogP contribution in [-0.4, -0.2) is 4.57 Å². The molecular formula is C61H46N2. The predicted octanol–water partition coefficient (Wildman–Crippen LogP) is 16.5. The van der Waals surface area contributed by atoms with Gasteiger partial charge in [0.25, 0.3) is 0 Å². The molecule has 0 saturated carbocycles. The molecule has 0 fully saturated rings. The zero-order chi connectivity index (χ0) is 42.1. The van der Waals surface area contributed by atoms with E-state index in [-0.39, 0.29) is 5.41 Å². The lowest BCUT2D eigenvalue weighted by Crippen LogP contribution is -2.16. The fourth-order valence-electron chi connectivity index (χ4n) is 10.6. The number of rotatable bonds is 7. The van der Waals surface area contributed by atoms with Crippen LogP contribution in [0.2, 0.25) is 0 Å². The number of aromatic nitrogens is 1. The Morgan fingerprint density at radius 2 is 1.17 bits per heavy atom. The van der Waals surface area contributed by atoms with E-state index in [0.29, 0.717) is 5.92 Å².